The molecule has 5 rings (SSSR count). The molecule has 4 heterocycles. The van der Waals surface area contributed by atoms with Gasteiger partial charge in [0, 0.05) is 45.3 Å². The van der Waals surface area contributed by atoms with Gasteiger partial charge in [0.2, 0.25) is 5.91 Å². The lowest BCUT2D eigenvalue weighted by atomic mass is 9.75. The third-order valence-electron chi connectivity index (χ3n) is 6.36. The van der Waals surface area contributed by atoms with Crippen LogP contribution in [-0.4, -0.2) is 57.3 Å². The first kappa shape index (κ1) is 16.6. The van der Waals surface area contributed by atoms with E-state index >= 15 is 0 Å². The van der Waals surface area contributed by atoms with Crippen molar-refractivity contribution in [1.29, 1.82) is 0 Å². The lowest BCUT2D eigenvalue weighted by Crippen LogP contribution is -2.41. The predicted molar refractivity (Wildman–Crippen MR) is 96.9 cm³/mol. The molecule has 27 heavy (non-hydrogen) atoms. The van der Waals surface area contributed by atoms with Crippen LogP contribution in [-0.2, 0) is 11.8 Å². The quantitative estimate of drug-likeness (QED) is 0.826. The van der Waals surface area contributed by atoms with Crippen LogP contribution in [0.4, 0.5) is 0 Å². The highest BCUT2D eigenvalue weighted by Crippen LogP contribution is 2.50. The molecular formula is C20H24N4O3. The Hall–Kier alpha value is -2.57. The van der Waals surface area contributed by atoms with Crippen molar-refractivity contribution in [1.82, 2.24) is 19.4 Å². The van der Waals surface area contributed by atoms with Gasteiger partial charge in [-0.25, -0.2) is 4.98 Å². The monoisotopic (exact) mass is 368 g/mol. The second kappa shape index (κ2) is 5.97. The van der Waals surface area contributed by atoms with Crippen molar-refractivity contribution in [3.05, 3.63) is 42.4 Å². The van der Waals surface area contributed by atoms with E-state index in [1.165, 1.54) is 19.1 Å². The van der Waals surface area contributed by atoms with E-state index in [4.69, 9.17) is 4.42 Å². The summed E-state index contributed by atoms with van der Waals surface area (Å²) in [6, 6.07) is 3.40. The lowest BCUT2D eigenvalue weighted by Gasteiger charge is -2.27. The van der Waals surface area contributed by atoms with Crippen molar-refractivity contribution in [3.8, 4) is 0 Å². The summed E-state index contributed by atoms with van der Waals surface area (Å²) in [5, 5.41) is 0. The van der Waals surface area contributed by atoms with Crippen LogP contribution in [0.5, 0.6) is 0 Å². The fraction of sp³-hybridized carbons (Fsp3) is 0.550. The van der Waals surface area contributed by atoms with Crippen molar-refractivity contribution in [2.75, 3.05) is 26.2 Å². The van der Waals surface area contributed by atoms with E-state index < -0.39 is 5.41 Å². The fourth-order valence-corrected chi connectivity index (χ4v) is 4.72. The molecule has 7 heteroatoms. The molecule has 1 saturated carbocycles. The average molecular weight is 368 g/mol. The van der Waals surface area contributed by atoms with E-state index in [1.54, 1.807) is 23.4 Å². The summed E-state index contributed by atoms with van der Waals surface area (Å²) in [5.41, 5.74) is 0.333. The number of hydrogen-bond acceptors (Lipinski definition) is 4. The molecule has 0 unspecified atom stereocenters. The van der Waals surface area contributed by atoms with E-state index in [9.17, 15) is 9.59 Å². The fourth-order valence-electron chi connectivity index (χ4n) is 4.72. The first-order valence-corrected chi connectivity index (χ1v) is 9.67. The second-order valence-electron chi connectivity index (χ2n) is 8.28. The second-order valence-corrected chi connectivity index (χ2v) is 8.28. The minimum absolute atomic E-state index is 0.0747. The number of hydrogen-bond donors (Lipinski definition) is 0. The maximum Gasteiger partial charge on any atom is 0.289 e. The molecule has 0 bridgehead atoms. The first-order chi connectivity index (χ1) is 13.1. The number of carbonyl (C=O) groups excluding carboxylic acids is 2. The number of aryl methyl sites for hydroxylation is 1. The normalized spacial score (nSPS) is 27.9. The number of carbonyl (C=O) groups is 2. The summed E-state index contributed by atoms with van der Waals surface area (Å²) in [4.78, 5) is 34.7. The minimum atomic E-state index is -0.564. The molecule has 3 fully saturated rings. The Morgan fingerprint density at radius 1 is 1.41 bits per heavy atom. The van der Waals surface area contributed by atoms with E-state index in [0.29, 0.717) is 24.8 Å². The van der Waals surface area contributed by atoms with E-state index in [1.807, 2.05) is 22.7 Å². The molecule has 2 atom stereocenters. The minimum Gasteiger partial charge on any atom is -0.459 e. The van der Waals surface area contributed by atoms with Gasteiger partial charge >= 0.3 is 0 Å². The van der Waals surface area contributed by atoms with Crippen molar-refractivity contribution >= 4 is 11.8 Å². The van der Waals surface area contributed by atoms with Crippen molar-refractivity contribution < 1.29 is 14.0 Å². The molecule has 2 saturated heterocycles. The molecule has 0 radical (unpaired) electrons. The van der Waals surface area contributed by atoms with Crippen LogP contribution < -0.4 is 0 Å². The third kappa shape index (κ3) is 2.67. The average Bonchev–Trinajstić information content (AvgIpc) is 3.06. The van der Waals surface area contributed by atoms with Crippen LogP contribution >= 0.6 is 0 Å². The van der Waals surface area contributed by atoms with Gasteiger partial charge in [-0.05, 0) is 37.3 Å². The summed E-state index contributed by atoms with van der Waals surface area (Å²) in [7, 11) is 1.93. The number of furan rings is 1. The lowest BCUT2D eigenvalue weighted by molar-refractivity contribution is -0.136. The van der Waals surface area contributed by atoms with E-state index in [0.717, 1.165) is 25.2 Å². The third-order valence-corrected chi connectivity index (χ3v) is 6.36. The highest BCUT2D eigenvalue weighted by atomic mass is 16.3. The first-order valence-electron chi connectivity index (χ1n) is 9.67. The molecule has 2 aliphatic heterocycles. The van der Waals surface area contributed by atoms with Crippen LogP contribution in [0.15, 0.2) is 35.3 Å². The van der Waals surface area contributed by atoms with Crippen LogP contribution in [0.2, 0.25) is 0 Å². The van der Waals surface area contributed by atoms with Crippen LogP contribution in [0.1, 0.15) is 41.4 Å². The summed E-state index contributed by atoms with van der Waals surface area (Å²) in [5.74, 6) is 0.965. The van der Waals surface area contributed by atoms with Gasteiger partial charge in [-0.2, -0.15) is 0 Å². The van der Waals surface area contributed by atoms with Gasteiger partial charge in [-0.3, -0.25) is 9.59 Å². The molecular weight excluding hydrogens is 344 g/mol. The van der Waals surface area contributed by atoms with Gasteiger partial charge < -0.3 is 18.8 Å². The summed E-state index contributed by atoms with van der Waals surface area (Å²) >= 11 is 0. The highest BCUT2D eigenvalue weighted by molar-refractivity contribution is 5.94. The molecule has 2 amide bonds. The van der Waals surface area contributed by atoms with Gasteiger partial charge in [0.1, 0.15) is 0 Å². The number of aromatic nitrogens is 2. The molecule has 0 aromatic carbocycles. The Labute approximate surface area is 157 Å². The zero-order chi connectivity index (χ0) is 18.6. The Morgan fingerprint density at radius 2 is 2.26 bits per heavy atom. The number of rotatable bonds is 4. The van der Waals surface area contributed by atoms with Crippen LogP contribution in [0.3, 0.4) is 0 Å². The largest absolute Gasteiger partial charge is 0.459 e. The summed E-state index contributed by atoms with van der Waals surface area (Å²) in [6.07, 6.45) is 8.48. The molecule has 1 spiro atoms. The number of amides is 2. The smallest absolute Gasteiger partial charge is 0.289 e. The Balaban J connectivity index is 1.47. The van der Waals surface area contributed by atoms with Gasteiger partial charge in [-0.1, -0.05) is 0 Å². The molecule has 0 N–H and O–H groups in total. The van der Waals surface area contributed by atoms with Crippen molar-refractivity contribution in [2.24, 2.45) is 18.4 Å². The molecule has 7 nitrogen and oxygen atoms in total. The Morgan fingerprint density at radius 3 is 2.93 bits per heavy atom. The van der Waals surface area contributed by atoms with Gasteiger partial charge in [-0.15, -0.1) is 0 Å². The molecule has 2 aromatic rings. The van der Waals surface area contributed by atoms with E-state index in [2.05, 4.69) is 4.98 Å². The number of nitrogens with zero attached hydrogens (tertiary/aromatic N) is 4. The van der Waals surface area contributed by atoms with Crippen LogP contribution in [0, 0.1) is 11.3 Å². The van der Waals surface area contributed by atoms with Gasteiger partial charge in [0.05, 0.1) is 23.7 Å². The zero-order valence-electron chi connectivity index (χ0n) is 15.5. The maximum absolute atomic E-state index is 13.5. The predicted octanol–water partition coefficient (Wildman–Crippen LogP) is 1.88. The van der Waals surface area contributed by atoms with E-state index in [-0.39, 0.29) is 17.7 Å². The summed E-state index contributed by atoms with van der Waals surface area (Å²) in [6.45, 7) is 2.58. The van der Waals surface area contributed by atoms with Gasteiger partial charge in [0.25, 0.3) is 5.91 Å². The number of likely N-dealkylation sites (tertiary alicyclic amines) is 2. The molecule has 142 valence electrons. The standard InChI is InChI=1S/C20H24N4O3/c1-22-11-16(21-13-22)15-10-24(18(25)17-3-2-8-27-17)12-20(15)6-7-23(19(20)26)9-14-4-5-14/h2-3,8,11,13-15H,4-7,9-10,12H2,1H3/t15-,20-/m1/s1. The summed E-state index contributed by atoms with van der Waals surface area (Å²) < 4.78 is 7.21. The number of imidazole rings is 1. The zero-order valence-corrected chi connectivity index (χ0v) is 15.5. The SMILES string of the molecule is Cn1cnc([C@H]2CN(C(=O)c3ccco3)C[C@]23CCN(CC2CC2)C3=O)c1. The Kier molecular flexibility index (Phi) is 3.67. The van der Waals surface area contributed by atoms with Gasteiger partial charge in [0.15, 0.2) is 5.76 Å². The Bertz CT molecular complexity index is 870. The molecule has 1 aliphatic carbocycles. The van der Waals surface area contributed by atoms with Crippen LogP contribution in [0.25, 0.3) is 0 Å². The molecule has 2 aromatic heterocycles. The topological polar surface area (TPSA) is 71.6 Å². The highest BCUT2D eigenvalue weighted by Gasteiger charge is 2.59. The molecule has 3 aliphatic rings. The van der Waals surface area contributed by atoms with Crippen molar-refractivity contribution in [3.63, 3.8) is 0 Å². The maximum atomic E-state index is 13.5. The van der Waals surface area contributed by atoms with Crippen molar-refractivity contribution in [2.45, 2.75) is 25.2 Å².